The molecule has 2 N–H and O–H groups in total. The molecule has 104 valence electrons. The molecular weight excluding hydrogens is 233 g/mol. The van der Waals surface area contributed by atoms with Crippen molar-refractivity contribution in [3.05, 3.63) is 0 Å². The average molecular weight is 256 g/mol. The molecular formula is C11H23F3N2O. The zero-order chi connectivity index (χ0) is 13.5. The number of nitrogens with zero attached hydrogens (tertiary/aromatic N) is 1. The second kappa shape index (κ2) is 7.89. The monoisotopic (exact) mass is 256 g/mol. The highest BCUT2D eigenvalue weighted by molar-refractivity contribution is 4.67. The van der Waals surface area contributed by atoms with E-state index in [0.717, 1.165) is 13.0 Å². The Bertz CT molecular complexity index is 198. The molecule has 0 aromatic heterocycles. The van der Waals surface area contributed by atoms with Crippen LogP contribution in [-0.4, -0.2) is 50.5 Å². The molecule has 0 bridgehead atoms. The van der Waals surface area contributed by atoms with Gasteiger partial charge in [-0.2, -0.15) is 13.2 Å². The fourth-order valence-corrected chi connectivity index (χ4v) is 1.22. The quantitative estimate of drug-likeness (QED) is 0.674. The first-order valence-electron chi connectivity index (χ1n) is 5.81. The van der Waals surface area contributed by atoms with Crippen molar-refractivity contribution in [3.63, 3.8) is 0 Å². The largest absolute Gasteiger partial charge is 0.411 e. The average Bonchev–Trinajstić information content (AvgIpc) is 2.19. The molecule has 0 saturated carbocycles. The van der Waals surface area contributed by atoms with E-state index >= 15 is 0 Å². The van der Waals surface area contributed by atoms with E-state index in [-0.39, 0.29) is 12.6 Å². The minimum absolute atomic E-state index is 0.0902. The predicted octanol–water partition coefficient (Wildman–Crippen LogP) is 1.87. The molecule has 0 saturated heterocycles. The van der Waals surface area contributed by atoms with Crippen molar-refractivity contribution < 1.29 is 17.9 Å². The fraction of sp³-hybridized carbons (Fsp3) is 1.00. The van der Waals surface area contributed by atoms with Crippen LogP contribution in [0.2, 0.25) is 0 Å². The number of hydrogen-bond acceptors (Lipinski definition) is 3. The van der Waals surface area contributed by atoms with Gasteiger partial charge in [0.05, 0.1) is 6.61 Å². The van der Waals surface area contributed by atoms with Gasteiger partial charge in [0.2, 0.25) is 0 Å². The van der Waals surface area contributed by atoms with E-state index in [1.54, 1.807) is 0 Å². The summed E-state index contributed by atoms with van der Waals surface area (Å²) < 4.78 is 39.8. The molecule has 6 heteroatoms. The van der Waals surface area contributed by atoms with Crippen LogP contribution in [0.4, 0.5) is 13.2 Å². The van der Waals surface area contributed by atoms with Crippen molar-refractivity contribution >= 4 is 0 Å². The normalized spacial score (nSPS) is 14.6. The lowest BCUT2D eigenvalue weighted by atomic mass is 10.0. The van der Waals surface area contributed by atoms with Crippen LogP contribution in [-0.2, 0) is 4.74 Å². The predicted molar refractivity (Wildman–Crippen MR) is 61.8 cm³/mol. The molecule has 0 aromatic carbocycles. The Morgan fingerprint density at radius 2 is 1.82 bits per heavy atom. The molecule has 0 aliphatic carbocycles. The zero-order valence-corrected chi connectivity index (χ0v) is 10.8. The third-order valence-corrected chi connectivity index (χ3v) is 2.58. The maximum Gasteiger partial charge on any atom is 0.411 e. The number of rotatable bonds is 8. The van der Waals surface area contributed by atoms with Crippen LogP contribution in [0.3, 0.4) is 0 Å². The summed E-state index contributed by atoms with van der Waals surface area (Å²) >= 11 is 0. The number of hydrogen-bond donors (Lipinski definition) is 1. The van der Waals surface area contributed by atoms with Gasteiger partial charge in [0.1, 0.15) is 6.61 Å². The molecule has 0 aromatic rings. The molecule has 0 amide bonds. The van der Waals surface area contributed by atoms with Crippen LogP contribution in [0.15, 0.2) is 0 Å². The molecule has 0 fully saturated rings. The Kier molecular flexibility index (Phi) is 7.74. The number of nitrogens with two attached hydrogens (primary N) is 1. The summed E-state index contributed by atoms with van der Waals surface area (Å²) in [7, 11) is 1.85. The van der Waals surface area contributed by atoms with E-state index in [9.17, 15) is 13.2 Å². The summed E-state index contributed by atoms with van der Waals surface area (Å²) in [6.45, 7) is 4.28. The lowest BCUT2D eigenvalue weighted by Crippen LogP contribution is -2.33. The van der Waals surface area contributed by atoms with Gasteiger partial charge in [-0.25, -0.2) is 0 Å². The van der Waals surface area contributed by atoms with E-state index in [4.69, 9.17) is 5.73 Å². The van der Waals surface area contributed by atoms with Crippen LogP contribution in [0.25, 0.3) is 0 Å². The van der Waals surface area contributed by atoms with Crippen molar-refractivity contribution in [2.45, 2.75) is 32.5 Å². The maximum atomic E-state index is 11.8. The minimum atomic E-state index is -4.24. The highest BCUT2D eigenvalue weighted by Gasteiger charge is 2.27. The molecule has 1 atom stereocenters. The van der Waals surface area contributed by atoms with Gasteiger partial charge in [-0.3, -0.25) is 0 Å². The summed E-state index contributed by atoms with van der Waals surface area (Å²) in [6.07, 6.45) is -3.40. The molecule has 17 heavy (non-hydrogen) atoms. The Labute approximate surface area is 101 Å². The van der Waals surface area contributed by atoms with Crippen molar-refractivity contribution in [1.82, 2.24) is 4.90 Å². The van der Waals surface area contributed by atoms with Gasteiger partial charge in [0, 0.05) is 12.6 Å². The summed E-state index contributed by atoms with van der Waals surface area (Å²) in [5.41, 5.74) is 5.87. The maximum absolute atomic E-state index is 11.8. The molecule has 0 heterocycles. The summed E-state index contributed by atoms with van der Waals surface area (Å²) in [5.74, 6) is 0.421. The van der Waals surface area contributed by atoms with Crippen LogP contribution in [0.5, 0.6) is 0 Å². The van der Waals surface area contributed by atoms with Crippen LogP contribution in [0, 0.1) is 5.92 Å². The van der Waals surface area contributed by atoms with Gasteiger partial charge in [0.15, 0.2) is 0 Å². The first kappa shape index (κ1) is 16.7. The van der Waals surface area contributed by atoms with E-state index in [1.807, 2.05) is 11.9 Å². The third-order valence-electron chi connectivity index (χ3n) is 2.58. The summed E-state index contributed by atoms with van der Waals surface area (Å²) in [5, 5.41) is 0. The van der Waals surface area contributed by atoms with Gasteiger partial charge in [-0.15, -0.1) is 0 Å². The Morgan fingerprint density at radius 1 is 1.24 bits per heavy atom. The van der Waals surface area contributed by atoms with Gasteiger partial charge in [-0.1, -0.05) is 13.8 Å². The molecule has 0 aliphatic rings. The number of halogens is 3. The second-order valence-electron chi connectivity index (χ2n) is 4.67. The third kappa shape index (κ3) is 10.5. The Hall–Kier alpha value is -0.330. The number of alkyl halides is 3. The van der Waals surface area contributed by atoms with E-state index < -0.39 is 12.8 Å². The lowest BCUT2D eigenvalue weighted by Gasteiger charge is -2.21. The van der Waals surface area contributed by atoms with Gasteiger partial charge < -0.3 is 15.4 Å². The van der Waals surface area contributed by atoms with Crippen LogP contribution in [0.1, 0.15) is 20.3 Å². The van der Waals surface area contributed by atoms with Crippen molar-refractivity contribution in [1.29, 1.82) is 0 Å². The fourth-order valence-electron chi connectivity index (χ4n) is 1.22. The molecule has 3 nitrogen and oxygen atoms in total. The number of ether oxygens (including phenoxy) is 1. The van der Waals surface area contributed by atoms with Crippen LogP contribution >= 0.6 is 0 Å². The first-order chi connectivity index (χ1) is 7.72. The van der Waals surface area contributed by atoms with Gasteiger partial charge in [0.25, 0.3) is 0 Å². The standard InChI is InChI=1S/C11H23F3N2O/c1-9(2)10(15)4-5-16(3)6-7-17-8-11(12,13)14/h9-10H,4-8,15H2,1-3H3. The first-order valence-corrected chi connectivity index (χ1v) is 5.81. The molecule has 0 aliphatic heterocycles. The van der Waals surface area contributed by atoms with Crippen molar-refractivity contribution in [3.8, 4) is 0 Å². The molecule has 1 unspecified atom stereocenters. The lowest BCUT2D eigenvalue weighted by molar-refractivity contribution is -0.174. The Morgan fingerprint density at radius 3 is 2.29 bits per heavy atom. The highest BCUT2D eigenvalue weighted by atomic mass is 19.4. The molecule has 0 spiro atoms. The van der Waals surface area contributed by atoms with Gasteiger partial charge in [-0.05, 0) is 25.9 Å². The topological polar surface area (TPSA) is 38.5 Å². The zero-order valence-electron chi connectivity index (χ0n) is 10.8. The van der Waals surface area contributed by atoms with E-state index in [0.29, 0.717) is 12.5 Å². The van der Waals surface area contributed by atoms with E-state index in [2.05, 4.69) is 18.6 Å². The minimum Gasteiger partial charge on any atom is -0.371 e. The highest BCUT2D eigenvalue weighted by Crippen LogP contribution is 2.14. The van der Waals surface area contributed by atoms with Crippen molar-refractivity contribution in [2.75, 3.05) is 33.4 Å². The van der Waals surface area contributed by atoms with Crippen LogP contribution < -0.4 is 5.73 Å². The van der Waals surface area contributed by atoms with Gasteiger partial charge >= 0.3 is 6.18 Å². The molecule has 0 radical (unpaired) electrons. The van der Waals surface area contributed by atoms with E-state index in [1.165, 1.54) is 0 Å². The second-order valence-corrected chi connectivity index (χ2v) is 4.67. The SMILES string of the molecule is CC(C)C(N)CCN(C)CCOCC(F)(F)F. The molecule has 0 rings (SSSR count). The van der Waals surface area contributed by atoms with Crippen molar-refractivity contribution in [2.24, 2.45) is 11.7 Å². The summed E-state index contributed by atoms with van der Waals surface area (Å²) in [6, 6.07) is 0.133. The smallest absolute Gasteiger partial charge is 0.371 e. The number of likely N-dealkylation sites (N-methyl/N-ethyl adjacent to an activating group) is 1. The Balaban J connectivity index is 3.50. The summed E-state index contributed by atoms with van der Waals surface area (Å²) in [4.78, 5) is 1.93.